The summed E-state index contributed by atoms with van der Waals surface area (Å²) >= 11 is 0. The smallest absolute Gasteiger partial charge is 0.266 e. The molecule has 0 amide bonds. The monoisotopic (exact) mass is 315 g/mol. The van der Waals surface area contributed by atoms with Crippen LogP contribution in [0.4, 0.5) is 0 Å². The first-order chi connectivity index (χ1) is 11.1. The van der Waals surface area contributed by atoms with Gasteiger partial charge < -0.3 is 4.90 Å². The van der Waals surface area contributed by atoms with Crippen LogP contribution < -0.4 is 5.56 Å². The molecule has 0 atom stereocenters. The van der Waals surface area contributed by atoms with Crippen LogP contribution in [0.3, 0.4) is 0 Å². The number of hydrogen-bond donors (Lipinski definition) is 0. The van der Waals surface area contributed by atoms with E-state index in [1.54, 1.807) is 16.8 Å². The molecule has 1 aliphatic rings. The molecular weight excluding hydrogens is 290 g/mol. The minimum Gasteiger partial charge on any atom is -0.303 e. The lowest BCUT2D eigenvalue weighted by Crippen LogP contribution is -2.38. The molecule has 1 saturated heterocycles. The molecule has 6 heteroatoms. The summed E-state index contributed by atoms with van der Waals surface area (Å²) in [5.74, 6) is 0.551. The first kappa shape index (κ1) is 15.9. The molecule has 0 unspecified atom stereocenters. The Morgan fingerprint density at radius 1 is 1.22 bits per heavy atom. The van der Waals surface area contributed by atoms with E-state index in [0.29, 0.717) is 5.92 Å². The van der Waals surface area contributed by atoms with Gasteiger partial charge >= 0.3 is 0 Å². The number of likely N-dealkylation sites (tertiary alicyclic amines) is 1. The second-order valence-electron chi connectivity index (χ2n) is 6.48. The number of piperidine rings is 1. The van der Waals surface area contributed by atoms with Crippen molar-refractivity contribution in [1.29, 1.82) is 0 Å². The summed E-state index contributed by atoms with van der Waals surface area (Å²) < 4.78 is 3.58. The lowest BCUT2D eigenvalue weighted by molar-refractivity contribution is 0.170. The molecule has 2 aromatic rings. The van der Waals surface area contributed by atoms with E-state index in [1.807, 2.05) is 24.9 Å². The Bertz CT molecular complexity index is 697. The second-order valence-corrected chi connectivity index (χ2v) is 6.48. The summed E-state index contributed by atoms with van der Waals surface area (Å²) in [6.45, 7) is 5.95. The van der Waals surface area contributed by atoms with Gasteiger partial charge in [-0.05, 0) is 50.9 Å². The van der Waals surface area contributed by atoms with Gasteiger partial charge in [-0.3, -0.25) is 9.48 Å². The average Bonchev–Trinajstić information content (AvgIpc) is 2.95. The van der Waals surface area contributed by atoms with E-state index in [2.05, 4.69) is 21.2 Å². The molecule has 0 N–H and O–H groups in total. The number of aromatic nitrogens is 4. The summed E-state index contributed by atoms with van der Waals surface area (Å²) in [5.41, 5.74) is 2.19. The molecule has 3 rings (SSSR count). The maximum absolute atomic E-state index is 11.9. The van der Waals surface area contributed by atoms with Gasteiger partial charge in [0.15, 0.2) is 0 Å². The Balaban J connectivity index is 1.48. The molecule has 0 bridgehead atoms. The van der Waals surface area contributed by atoms with Gasteiger partial charge in [0, 0.05) is 44.5 Å². The molecule has 3 heterocycles. The molecule has 0 saturated carbocycles. The lowest BCUT2D eigenvalue weighted by atomic mass is 9.96. The number of rotatable bonds is 5. The summed E-state index contributed by atoms with van der Waals surface area (Å²) in [6, 6.07) is 5.48. The highest BCUT2D eigenvalue weighted by Crippen LogP contribution is 2.18. The first-order valence-corrected chi connectivity index (χ1v) is 8.36. The maximum Gasteiger partial charge on any atom is 0.266 e. The molecule has 1 aliphatic heterocycles. The number of aryl methyl sites for hydroxylation is 2. The van der Waals surface area contributed by atoms with E-state index in [1.165, 1.54) is 5.69 Å². The van der Waals surface area contributed by atoms with Crippen LogP contribution in [0.1, 0.15) is 24.2 Å². The van der Waals surface area contributed by atoms with Gasteiger partial charge in [0.1, 0.15) is 0 Å². The quantitative estimate of drug-likeness (QED) is 0.833. The minimum absolute atomic E-state index is 0.00855. The molecule has 6 nitrogen and oxygen atoms in total. The fourth-order valence-corrected chi connectivity index (χ4v) is 3.24. The molecule has 0 radical (unpaired) electrons. The van der Waals surface area contributed by atoms with Crippen LogP contribution in [0, 0.1) is 12.8 Å². The maximum atomic E-state index is 11.9. The van der Waals surface area contributed by atoms with Crippen molar-refractivity contribution < 1.29 is 0 Å². The van der Waals surface area contributed by atoms with Gasteiger partial charge in [-0.15, -0.1) is 0 Å². The highest BCUT2D eigenvalue weighted by molar-refractivity contribution is 5.00. The van der Waals surface area contributed by atoms with E-state index in [4.69, 9.17) is 0 Å². The summed E-state index contributed by atoms with van der Waals surface area (Å²) in [6.07, 6.45) is 5.16. The Morgan fingerprint density at radius 3 is 2.70 bits per heavy atom. The molecule has 124 valence electrons. The summed E-state index contributed by atoms with van der Waals surface area (Å²) in [5, 5.41) is 8.56. The first-order valence-electron chi connectivity index (χ1n) is 8.36. The third kappa shape index (κ3) is 4.07. The topological polar surface area (TPSA) is 56.0 Å². The summed E-state index contributed by atoms with van der Waals surface area (Å²) in [4.78, 5) is 14.4. The van der Waals surface area contributed by atoms with Crippen molar-refractivity contribution >= 4 is 0 Å². The van der Waals surface area contributed by atoms with E-state index >= 15 is 0 Å². The fourth-order valence-electron chi connectivity index (χ4n) is 3.24. The Morgan fingerprint density at radius 2 is 2.00 bits per heavy atom. The van der Waals surface area contributed by atoms with Crippen molar-refractivity contribution in [3.05, 3.63) is 46.1 Å². The van der Waals surface area contributed by atoms with Gasteiger partial charge in [-0.25, -0.2) is 4.68 Å². The number of hydrogen-bond acceptors (Lipinski definition) is 4. The van der Waals surface area contributed by atoms with E-state index < -0.39 is 0 Å². The van der Waals surface area contributed by atoms with E-state index in [0.717, 1.165) is 51.1 Å². The van der Waals surface area contributed by atoms with E-state index in [9.17, 15) is 4.79 Å². The van der Waals surface area contributed by atoms with Gasteiger partial charge in [-0.1, -0.05) is 0 Å². The predicted molar refractivity (Wildman–Crippen MR) is 89.3 cm³/mol. The molecule has 0 aliphatic carbocycles. The van der Waals surface area contributed by atoms with Crippen molar-refractivity contribution in [1.82, 2.24) is 24.5 Å². The highest BCUT2D eigenvalue weighted by atomic mass is 16.1. The van der Waals surface area contributed by atoms with Gasteiger partial charge in [0.05, 0.1) is 5.69 Å². The zero-order valence-corrected chi connectivity index (χ0v) is 14.0. The van der Waals surface area contributed by atoms with Crippen LogP contribution in [0.5, 0.6) is 0 Å². The van der Waals surface area contributed by atoms with Gasteiger partial charge in [0.25, 0.3) is 5.56 Å². The predicted octanol–water partition coefficient (Wildman–Crippen LogP) is 1.24. The molecule has 2 aromatic heterocycles. The standard InChI is InChI=1S/C17H25N5O/c1-14-3-4-17(23)22(19-14)13-15-6-10-21(11-7-15)12-8-16-5-9-18-20(16)2/h3-5,9,15H,6-8,10-13H2,1-2H3. The zero-order valence-electron chi connectivity index (χ0n) is 14.0. The van der Waals surface area contributed by atoms with Crippen LogP contribution >= 0.6 is 0 Å². The van der Waals surface area contributed by atoms with Crippen molar-refractivity contribution in [3.63, 3.8) is 0 Å². The minimum atomic E-state index is 0.00855. The molecule has 1 fully saturated rings. The third-order valence-electron chi connectivity index (χ3n) is 4.74. The van der Waals surface area contributed by atoms with Crippen LogP contribution in [0.15, 0.2) is 29.2 Å². The highest BCUT2D eigenvalue weighted by Gasteiger charge is 2.20. The molecule has 0 aromatic carbocycles. The Hall–Kier alpha value is -1.95. The molecular formula is C17H25N5O. The zero-order chi connectivity index (χ0) is 16.2. The lowest BCUT2D eigenvalue weighted by Gasteiger charge is -2.31. The summed E-state index contributed by atoms with van der Waals surface area (Å²) in [7, 11) is 1.99. The molecule has 23 heavy (non-hydrogen) atoms. The van der Waals surface area contributed by atoms with Crippen molar-refractivity contribution in [2.45, 2.75) is 32.7 Å². The van der Waals surface area contributed by atoms with Crippen LogP contribution in [0.25, 0.3) is 0 Å². The van der Waals surface area contributed by atoms with Gasteiger partial charge in [-0.2, -0.15) is 10.2 Å². The van der Waals surface area contributed by atoms with Crippen LogP contribution in [0.2, 0.25) is 0 Å². The van der Waals surface area contributed by atoms with Crippen molar-refractivity contribution in [3.8, 4) is 0 Å². The van der Waals surface area contributed by atoms with Crippen molar-refractivity contribution in [2.24, 2.45) is 13.0 Å². The SMILES string of the molecule is Cc1ccc(=O)n(CC2CCN(CCc3ccnn3C)CC2)n1. The van der Waals surface area contributed by atoms with Crippen LogP contribution in [-0.2, 0) is 20.0 Å². The normalized spacial score (nSPS) is 16.8. The average molecular weight is 315 g/mol. The third-order valence-corrected chi connectivity index (χ3v) is 4.74. The largest absolute Gasteiger partial charge is 0.303 e. The Kier molecular flexibility index (Phi) is 4.91. The fraction of sp³-hybridized carbons (Fsp3) is 0.588. The second kappa shape index (κ2) is 7.08. The van der Waals surface area contributed by atoms with Gasteiger partial charge in [0.2, 0.25) is 0 Å². The van der Waals surface area contributed by atoms with E-state index in [-0.39, 0.29) is 5.56 Å². The number of nitrogens with zero attached hydrogens (tertiary/aromatic N) is 5. The Labute approximate surface area is 136 Å². The molecule has 0 spiro atoms. The van der Waals surface area contributed by atoms with Crippen LogP contribution in [-0.4, -0.2) is 44.1 Å². The van der Waals surface area contributed by atoms with Crippen molar-refractivity contribution in [2.75, 3.05) is 19.6 Å².